The number of ether oxygens (including phenoxy) is 1. The van der Waals surface area contributed by atoms with Gasteiger partial charge in [0, 0.05) is 27.3 Å². The van der Waals surface area contributed by atoms with Gasteiger partial charge in [-0.3, -0.25) is 0 Å². The Labute approximate surface area is 173 Å². The van der Waals surface area contributed by atoms with Crippen LogP contribution in [0.4, 0.5) is 0 Å². The van der Waals surface area contributed by atoms with Gasteiger partial charge in [-0.15, -0.1) is 22.7 Å². The zero-order valence-corrected chi connectivity index (χ0v) is 16.9. The molecule has 28 heavy (non-hydrogen) atoms. The maximum atomic E-state index is 10.4. The minimum Gasteiger partial charge on any atom is -0.508 e. The summed E-state index contributed by atoms with van der Waals surface area (Å²) in [6, 6.07) is 7.16. The number of aliphatic hydroxyl groups is 4. The van der Waals surface area contributed by atoms with Crippen LogP contribution in [0.3, 0.4) is 0 Å². The molecule has 4 rings (SSSR count). The van der Waals surface area contributed by atoms with Crippen LogP contribution in [0.15, 0.2) is 29.6 Å². The molecule has 2 aromatic heterocycles. The van der Waals surface area contributed by atoms with E-state index in [4.69, 9.17) is 16.3 Å². The lowest BCUT2D eigenvalue weighted by Gasteiger charge is -2.40. The number of rotatable bonds is 4. The van der Waals surface area contributed by atoms with Gasteiger partial charge in [0.15, 0.2) is 0 Å². The molecular weight excluding hydrogens is 424 g/mol. The van der Waals surface area contributed by atoms with Gasteiger partial charge in [0.05, 0.1) is 10.6 Å². The van der Waals surface area contributed by atoms with Gasteiger partial charge in [-0.2, -0.15) is 0 Å². The highest BCUT2D eigenvalue weighted by molar-refractivity contribution is 7.37. The fraction of sp³-hybridized carbons (Fsp3) is 0.368. The maximum Gasteiger partial charge on any atom is 0.122 e. The Bertz CT molecular complexity index is 956. The summed E-state index contributed by atoms with van der Waals surface area (Å²) in [5.41, 5.74) is 0.981. The van der Waals surface area contributed by atoms with Gasteiger partial charge < -0.3 is 30.3 Å². The molecule has 1 saturated heterocycles. The number of aromatic hydroxyl groups is 1. The summed E-state index contributed by atoms with van der Waals surface area (Å²) < 4.78 is 6.79. The summed E-state index contributed by atoms with van der Waals surface area (Å²) in [5, 5.41) is 53.7. The number of hydrogen-bond acceptors (Lipinski definition) is 8. The third kappa shape index (κ3) is 3.55. The molecule has 1 fully saturated rings. The maximum absolute atomic E-state index is 10.4. The third-order valence-corrected chi connectivity index (χ3v) is 7.52. The van der Waals surface area contributed by atoms with E-state index in [2.05, 4.69) is 12.1 Å². The van der Waals surface area contributed by atoms with E-state index in [0.29, 0.717) is 11.4 Å². The molecule has 9 heteroatoms. The molecule has 150 valence electrons. The number of halogens is 1. The highest BCUT2D eigenvalue weighted by atomic mass is 35.5. The summed E-state index contributed by atoms with van der Waals surface area (Å²) >= 11 is 9.66. The molecule has 1 aromatic carbocycles. The van der Waals surface area contributed by atoms with Crippen LogP contribution in [0.2, 0.25) is 5.02 Å². The number of benzene rings is 1. The zero-order valence-electron chi connectivity index (χ0n) is 14.5. The molecule has 0 saturated carbocycles. The van der Waals surface area contributed by atoms with Gasteiger partial charge in [-0.25, -0.2) is 0 Å². The molecule has 0 radical (unpaired) electrons. The molecule has 0 amide bonds. The minimum atomic E-state index is -1.52. The Balaban J connectivity index is 1.67. The predicted molar refractivity (Wildman–Crippen MR) is 108 cm³/mol. The summed E-state index contributed by atoms with van der Waals surface area (Å²) in [6.07, 6.45) is -6.06. The van der Waals surface area contributed by atoms with Crippen molar-refractivity contribution in [3.05, 3.63) is 50.7 Å². The number of fused-ring (bicyclic) bond motifs is 1. The summed E-state index contributed by atoms with van der Waals surface area (Å²) in [5.74, 6) is -0.190. The Morgan fingerprint density at radius 1 is 1.07 bits per heavy atom. The van der Waals surface area contributed by atoms with Gasteiger partial charge >= 0.3 is 0 Å². The van der Waals surface area contributed by atoms with Gasteiger partial charge in [0.1, 0.15) is 36.3 Å². The molecule has 6 nitrogen and oxygen atoms in total. The van der Waals surface area contributed by atoms with E-state index in [-0.39, 0.29) is 11.3 Å². The second-order valence-electron chi connectivity index (χ2n) is 6.80. The van der Waals surface area contributed by atoms with Gasteiger partial charge in [0.25, 0.3) is 0 Å². The lowest BCUT2D eigenvalue weighted by atomic mass is 9.90. The topological polar surface area (TPSA) is 110 Å². The molecule has 0 bridgehead atoms. The van der Waals surface area contributed by atoms with Crippen molar-refractivity contribution in [3.63, 3.8) is 0 Å². The van der Waals surface area contributed by atoms with E-state index in [1.54, 1.807) is 28.7 Å². The smallest absolute Gasteiger partial charge is 0.122 e. The second-order valence-corrected chi connectivity index (χ2v) is 9.52. The number of phenolic OH excluding ortho intramolecular Hbond substituents is 1. The Morgan fingerprint density at radius 3 is 2.57 bits per heavy atom. The molecule has 1 aliphatic heterocycles. The molecule has 3 aromatic rings. The van der Waals surface area contributed by atoms with Gasteiger partial charge in [0.2, 0.25) is 0 Å². The molecule has 0 aliphatic carbocycles. The van der Waals surface area contributed by atoms with E-state index >= 15 is 0 Å². The van der Waals surface area contributed by atoms with E-state index in [0.717, 1.165) is 10.4 Å². The lowest BCUT2D eigenvalue weighted by Crippen LogP contribution is -2.55. The summed E-state index contributed by atoms with van der Waals surface area (Å²) in [4.78, 5) is 1.11. The van der Waals surface area contributed by atoms with Gasteiger partial charge in [-0.05, 0) is 35.2 Å². The summed E-state index contributed by atoms with van der Waals surface area (Å²) in [6.45, 7) is -0.533. The van der Waals surface area contributed by atoms with Crippen molar-refractivity contribution >= 4 is 43.7 Å². The Kier molecular flexibility index (Phi) is 5.65. The van der Waals surface area contributed by atoms with E-state index in [1.165, 1.54) is 15.5 Å². The molecule has 5 N–H and O–H groups in total. The first-order valence-corrected chi connectivity index (χ1v) is 10.7. The van der Waals surface area contributed by atoms with Crippen molar-refractivity contribution in [2.75, 3.05) is 6.61 Å². The van der Waals surface area contributed by atoms with E-state index in [1.807, 2.05) is 5.38 Å². The first-order chi connectivity index (χ1) is 13.4. The normalized spacial score (nSPS) is 28.1. The first kappa shape index (κ1) is 20.1. The fourth-order valence-corrected chi connectivity index (χ4v) is 5.84. The van der Waals surface area contributed by atoms with Crippen LogP contribution in [0.25, 0.3) is 9.40 Å². The average molecular weight is 443 g/mol. The zero-order chi connectivity index (χ0) is 20.0. The van der Waals surface area contributed by atoms with Crippen molar-refractivity contribution in [1.82, 2.24) is 0 Å². The van der Waals surface area contributed by atoms with Crippen molar-refractivity contribution in [2.24, 2.45) is 0 Å². The summed E-state index contributed by atoms with van der Waals surface area (Å²) in [7, 11) is 0. The highest BCUT2D eigenvalue weighted by Crippen LogP contribution is 2.40. The monoisotopic (exact) mass is 442 g/mol. The van der Waals surface area contributed by atoms with Gasteiger partial charge in [-0.1, -0.05) is 11.6 Å². The largest absolute Gasteiger partial charge is 0.508 e. The average Bonchev–Trinajstić information content (AvgIpc) is 3.24. The first-order valence-electron chi connectivity index (χ1n) is 8.66. The predicted octanol–water partition coefficient (Wildman–Crippen LogP) is 2.43. The van der Waals surface area contributed by atoms with Crippen molar-refractivity contribution < 1.29 is 30.3 Å². The number of aliphatic hydroxyl groups excluding tert-OH is 4. The van der Waals surface area contributed by atoms with Crippen molar-refractivity contribution in [2.45, 2.75) is 36.9 Å². The quantitative estimate of drug-likeness (QED) is 0.424. The van der Waals surface area contributed by atoms with Crippen LogP contribution in [0, 0.1) is 0 Å². The van der Waals surface area contributed by atoms with E-state index in [9.17, 15) is 25.5 Å². The van der Waals surface area contributed by atoms with Crippen LogP contribution >= 0.6 is 34.3 Å². The van der Waals surface area contributed by atoms with Crippen LogP contribution in [0.5, 0.6) is 5.75 Å². The van der Waals surface area contributed by atoms with Crippen molar-refractivity contribution in [1.29, 1.82) is 0 Å². The standard InChI is InChI=1S/C19H19ClO6S2/c20-12-6-13(22)11(18-17(25)16(24)15(23)14(7-21)26-18)5-9(12)4-10-3-8-1-2-27-19(8)28-10/h1-3,5-6,14-18,21-25H,4,7H2/t14?,15-,16?,17-,18+/m1/s1. The fourth-order valence-electron chi connectivity index (χ4n) is 3.44. The van der Waals surface area contributed by atoms with Crippen LogP contribution < -0.4 is 0 Å². The Hall–Kier alpha value is -1.23. The third-order valence-electron chi connectivity index (χ3n) is 4.96. The molecular formula is C19H19ClO6S2. The molecule has 5 atom stereocenters. The lowest BCUT2D eigenvalue weighted by molar-refractivity contribution is -0.232. The highest BCUT2D eigenvalue weighted by Gasteiger charge is 2.44. The molecule has 3 heterocycles. The van der Waals surface area contributed by atoms with E-state index < -0.39 is 37.1 Å². The minimum absolute atomic E-state index is 0.190. The SMILES string of the molecule is OCC1O[C@@H](c2cc(Cc3cc4ccsc4s3)c(Cl)cc2O)[C@H](O)C(O)[C@@H]1O. The molecule has 0 spiro atoms. The Morgan fingerprint density at radius 2 is 1.86 bits per heavy atom. The number of phenols is 1. The second kappa shape index (κ2) is 7.89. The van der Waals surface area contributed by atoms with Crippen LogP contribution in [-0.2, 0) is 11.2 Å². The number of hydrogen-bond donors (Lipinski definition) is 5. The van der Waals surface area contributed by atoms with Crippen LogP contribution in [-0.4, -0.2) is 56.6 Å². The van der Waals surface area contributed by atoms with Crippen LogP contribution in [0.1, 0.15) is 22.1 Å². The number of thiophene rings is 2. The molecule has 2 unspecified atom stereocenters. The molecule has 1 aliphatic rings. The van der Waals surface area contributed by atoms with Crippen molar-refractivity contribution in [3.8, 4) is 5.75 Å².